The molecule has 0 saturated heterocycles. The second kappa shape index (κ2) is 7.41. The second-order valence-electron chi connectivity index (χ2n) is 6.77. The highest BCUT2D eigenvalue weighted by Crippen LogP contribution is 2.21. The smallest absolute Gasteiger partial charge is 0.192 e. The molecule has 0 aliphatic carbocycles. The number of nitriles is 1. The first-order valence-corrected chi connectivity index (χ1v) is 8.47. The van der Waals surface area contributed by atoms with E-state index in [1.165, 1.54) is 6.20 Å². The molecule has 3 rings (SSSR count). The molecule has 3 aromatic rings. The predicted molar refractivity (Wildman–Crippen MR) is 101 cm³/mol. The van der Waals surface area contributed by atoms with Gasteiger partial charge in [0.15, 0.2) is 17.8 Å². The van der Waals surface area contributed by atoms with Crippen LogP contribution in [0.5, 0.6) is 0 Å². The van der Waals surface area contributed by atoms with Gasteiger partial charge in [-0.1, -0.05) is 5.92 Å². The monoisotopic (exact) mass is 358 g/mol. The van der Waals surface area contributed by atoms with Gasteiger partial charge in [0.05, 0.1) is 17.2 Å². The van der Waals surface area contributed by atoms with Gasteiger partial charge in [-0.2, -0.15) is 5.26 Å². The number of carbonyl (C=O) groups is 1. The molecule has 0 atom stereocenters. The van der Waals surface area contributed by atoms with Crippen LogP contribution in [0.2, 0.25) is 0 Å². The van der Waals surface area contributed by atoms with Crippen molar-refractivity contribution in [3.8, 4) is 23.6 Å². The number of aldehydes is 1. The van der Waals surface area contributed by atoms with Crippen molar-refractivity contribution in [1.82, 2.24) is 14.5 Å². The summed E-state index contributed by atoms with van der Waals surface area (Å²) in [6.07, 6.45) is 3.28. The van der Waals surface area contributed by atoms with Crippen LogP contribution in [-0.4, -0.2) is 31.5 Å². The van der Waals surface area contributed by atoms with E-state index in [9.17, 15) is 9.90 Å². The minimum absolute atomic E-state index is 0.438. The molecule has 0 saturated carbocycles. The Labute approximate surface area is 157 Å². The van der Waals surface area contributed by atoms with E-state index in [2.05, 4.69) is 27.9 Å². The van der Waals surface area contributed by atoms with E-state index in [-0.39, 0.29) is 0 Å². The Kier molecular flexibility index (Phi) is 5.03. The minimum atomic E-state index is -0.775. The fourth-order valence-corrected chi connectivity index (χ4v) is 2.57. The Hall–Kier alpha value is -3.48. The molecule has 0 radical (unpaired) electrons. The molecule has 6 nitrogen and oxygen atoms in total. The van der Waals surface area contributed by atoms with Crippen molar-refractivity contribution in [2.75, 3.05) is 0 Å². The molecule has 0 aliphatic rings. The zero-order chi connectivity index (χ0) is 19.4. The maximum atomic E-state index is 11.0. The number of rotatable bonds is 4. The Morgan fingerprint density at radius 1 is 1.30 bits per heavy atom. The Morgan fingerprint density at radius 3 is 2.67 bits per heavy atom. The number of carbonyl (C=O) groups excluding carboxylic acids is 1. The molecule has 6 heteroatoms. The lowest BCUT2D eigenvalue weighted by Crippen LogP contribution is -2.17. The largest absolute Gasteiger partial charge is 0.390 e. The average molecular weight is 358 g/mol. The summed E-state index contributed by atoms with van der Waals surface area (Å²) in [7, 11) is 0. The highest BCUT2D eigenvalue weighted by Gasteiger charge is 2.14. The van der Waals surface area contributed by atoms with Gasteiger partial charge in [0.1, 0.15) is 5.52 Å². The van der Waals surface area contributed by atoms with Crippen molar-refractivity contribution in [2.45, 2.75) is 32.3 Å². The summed E-state index contributed by atoms with van der Waals surface area (Å²) in [5, 5.41) is 18.8. The lowest BCUT2D eigenvalue weighted by atomic mass is 10.0. The summed E-state index contributed by atoms with van der Waals surface area (Å²) in [6.45, 7) is 3.48. The van der Waals surface area contributed by atoms with Crippen LogP contribution in [0.4, 0.5) is 0 Å². The molecule has 134 valence electrons. The topological polar surface area (TPSA) is 91.8 Å². The van der Waals surface area contributed by atoms with Gasteiger partial charge in [-0.05, 0) is 56.5 Å². The van der Waals surface area contributed by atoms with Gasteiger partial charge >= 0.3 is 0 Å². The lowest BCUT2D eigenvalue weighted by molar-refractivity contribution is 0.0727. The summed E-state index contributed by atoms with van der Waals surface area (Å²) in [4.78, 5) is 19.9. The standard InChI is InChI=1S/C21H18N4O2/c1-21(2,27)10-4-3-5-19-24-18-11-16(14-26)13-23-20(18)25(19)17-8-6-15(12-22)7-9-17/h6-9,11,13-14,27H,4,10H2,1-2H3. The summed E-state index contributed by atoms with van der Waals surface area (Å²) >= 11 is 0. The van der Waals surface area contributed by atoms with Gasteiger partial charge in [-0.3, -0.25) is 9.36 Å². The van der Waals surface area contributed by atoms with E-state index < -0.39 is 5.60 Å². The van der Waals surface area contributed by atoms with Crippen molar-refractivity contribution in [3.05, 3.63) is 53.5 Å². The molecule has 0 unspecified atom stereocenters. The average Bonchev–Trinajstić information content (AvgIpc) is 3.01. The zero-order valence-corrected chi connectivity index (χ0v) is 15.1. The highest BCUT2D eigenvalue weighted by atomic mass is 16.3. The van der Waals surface area contributed by atoms with Crippen molar-refractivity contribution in [1.29, 1.82) is 5.26 Å². The van der Waals surface area contributed by atoms with Gasteiger partial charge in [-0.15, -0.1) is 0 Å². The summed E-state index contributed by atoms with van der Waals surface area (Å²) < 4.78 is 1.79. The number of hydrogen-bond acceptors (Lipinski definition) is 5. The van der Waals surface area contributed by atoms with E-state index in [1.54, 1.807) is 48.7 Å². The molecule has 27 heavy (non-hydrogen) atoms. The Balaban J connectivity index is 2.09. The molecule has 0 spiro atoms. The summed E-state index contributed by atoms with van der Waals surface area (Å²) in [5.74, 6) is 6.56. The van der Waals surface area contributed by atoms with Gasteiger partial charge in [0.2, 0.25) is 0 Å². The van der Waals surface area contributed by atoms with Crippen LogP contribution < -0.4 is 0 Å². The zero-order valence-electron chi connectivity index (χ0n) is 15.1. The Bertz CT molecular complexity index is 1090. The first-order chi connectivity index (χ1) is 12.9. The van der Waals surface area contributed by atoms with Crippen LogP contribution in [0.3, 0.4) is 0 Å². The summed E-state index contributed by atoms with van der Waals surface area (Å²) in [6, 6.07) is 10.8. The van der Waals surface area contributed by atoms with Crippen LogP contribution in [0.25, 0.3) is 16.9 Å². The molecule has 0 bridgehead atoms. The quantitative estimate of drug-likeness (QED) is 0.572. The van der Waals surface area contributed by atoms with Crippen molar-refractivity contribution < 1.29 is 9.90 Å². The maximum absolute atomic E-state index is 11.0. The van der Waals surface area contributed by atoms with E-state index in [4.69, 9.17) is 5.26 Å². The number of aromatic nitrogens is 3. The second-order valence-corrected chi connectivity index (χ2v) is 6.77. The SMILES string of the molecule is CC(C)(O)CCC#Cc1nc2cc(C=O)cnc2n1-c1ccc(C#N)cc1. The van der Waals surface area contributed by atoms with E-state index in [1.807, 2.05) is 0 Å². The number of benzene rings is 1. The molecule has 1 N–H and O–H groups in total. The van der Waals surface area contributed by atoms with Crippen molar-refractivity contribution in [2.24, 2.45) is 0 Å². The number of nitrogens with zero attached hydrogens (tertiary/aromatic N) is 4. The number of pyridine rings is 1. The molecule has 2 aromatic heterocycles. The van der Waals surface area contributed by atoms with Gasteiger partial charge in [0, 0.05) is 23.9 Å². The molecule has 0 amide bonds. The molecule has 0 fully saturated rings. The third kappa shape index (κ3) is 4.20. The fourth-order valence-electron chi connectivity index (χ4n) is 2.57. The van der Waals surface area contributed by atoms with Gasteiger partial charge < -0.3 is 5.11 Å². The fraction of sp³-hybridized carbons (Fsp3) is 0.238. The Morgan fingerprint density at radius 2 is 2.04 bits per heavy atom. The normalized spacial score (nSPS) is 10.9. The molecular formula is C21H18N4O2. The number of hydrogen-bond donors (Lipinski definition) is 1. The van der Waals surface area contributed by atoms with Crippen LogP contribution in [0.1, 0.15) is 48.4 Å². The number of aliphatic hydroxyl groups is 1. The van der Waals surface area contributed by atoms with Gasteiger partial charge in [-0.25, -0.2) is 9.97 Å². The molecular weight excluding hydrogens is 340 g/mol. The first-order valence-electron chi connectivity index (χ1n) is 8.47. The predicted octanol–water partition coefficient (Wildman–Crippen LogP) is 3.01. The number of imidazole rings is 1. The minimum Gasteiger partial charge on any atom is -0.390 e. The van der Waals surface area contributed by atoms with Gasteiger partial charge in [0.25, 0.3) is 0 Å². The van der Waals surface area contributed by atoms with E-state index >= 15 is 0 Å². The van der Waals surface area contributed by atoms with E-state index in [0.717, 1.165) is 12.0 Å². The van der Waals surface area contributed by atoms with Crippen molar-refractivity contribution >= 4 is 17.5 Å². The van der Waals surface area contributed by atoms with E-state index in [0.29, 0.717) is 41.0 Å². The van der Waals surface area contributed by atoms with Crippen LogP contribution in [-0.2, 0) is 0 Å². The third-order valence-electron chi connectivity index (χ3n) is 3.97. The highest BCUT2D eigenvalue weighted by molar-refractivity contribution is 5.83. The summed E-state index contributed by atoms with van der Waals surface area (Å²) in [5.41, 5.74) is 2.13. The van der Waals surface area contributed by atoms with Crippen molar-refractivity contribution in [3.63, 3.8) is 0 Å². The maximum Gasteiger partial charge on any atom is 0.192 e. The molecule has 2 heterocycles. The third-order valence-corrected chi connectivity index (χ3v) is 3.97. The first kappa shape index (κ1) is 18.3. The molecule has 0 aliphatic heterocycles. The van der Waals surface area contributed by atoms with Crippen LogP contribution >= 0.6 is 0 Å². The molecule has 1 aromatic carbocycles. The lowest BCUT2D eigenvalue weighted by Gasteiger charge is -2.13. The number of fused-ring (bicyclic) bond motifs is 1. The van der Waals surface area contributed by atoms with Crippen LogP contribution in [0, 0.1) is 23.2 Å². The van der Waals surface area contributed by atoms with Crippen LogP contribution in [0.15, 0.2) is 36.5 Å².